The molecule has 1 saturated heterocycles. The number of aliphatic hydroxyl groups is 1. The Labute approximate surface area is 147 Å². The highest BCUT2D eigenvalue weighted by atomic mass is 16.3. The maximum Gasteiger partial charge on any atom is 0.255 e. The first-order valence-electron chi connectivity index (χ1n) is 8.38. The van der Waals surface area contributed by atoms with Gasteiger partial charge >= 0.3 is 0 Å². The van der Waals surface area contributed by atoms with Crippen LogP contribution in [0, 0.1) is 6.92 Å². The number of β-amino-alcohol motifs (C(OH)–C–C–N with tert-alkyl or cyclic N) is 1. The molecule has 0 aromatic carbocycles. The van der Waals surface area contributed by atoms with Crippen molar-refractivity contribution in [1.82, 2.24) is 19.9 Å². The zero-order valence-corrected chi connectivity index (χ0v) is 14.6. The maximum atomic E-state index is 12.6. The molecule has 3 rings (SSSR count). The first-order valence-corrected chi connectivity index (χ1v) is 8.38. The number of aryl methyl sites for hydroxylation is 1. The summed E-state index contributed by atoms with van der Waals surface area (Å²) in [5.74, 6) is 0.606. The highest BCUT2D eigenvalue weighted by Crippen LogP contribution is 2.25. The van der Waals surface area contributed by atoms with Gasteiger partial charge in [0.2, 0.25) is 0 Å². The Bertz CT molecular complexity index is 722. The second-order valence-corrected chi connectivity index (χ2v) is 6.66. The van der Waals surface area contributed by atoms with Crippen molar-refractivity contribution in [1.29, 1.82) is 0 Å². The zero-order valence-electron chi connectivity index (χ0n) is 14.6. The van der Waals surface area contributed by atoms with Gasteiger partial charge in [0.05, 0.1) is 23.9 Å². The molecule has 2 aromatic rings. The molecule has 1 amide bonds. The molecular weight excluding hydrogens is 318 g/mol. The van der Waals surface area contributed by atoms with E-state index in [1.807, 2.05) is 17.9 Å². The Kier molecular flexibility index (Phi) is 4.94. The Balaban J connectivity index is 1.68. The molecule has 1 atom stereocenters. The molecule has 0 saturated carbocycles. The minimum absolute atomic E-state index is 0.141. The summed E-state index contributed by atoms with van der Waals surface area (Å²) in [5.41, 5.74) is 0.418. The van der Waals surface area contributed by atoms with E-state index in [-0.39, 0.29) is 12.5 Å². The van der Waals surface area contributed by atoms with Gasteiger partial charge < -0.3 is 14.9 Å². The van der Waals surface area contributed by atoms with Crippen LogP contribution in [0.15, 0.2) is 36.9 Å². The third-order valence-electron chi connectivity index (χ3n) is 4.47. The average molecular weight is 341 g/mol. The predicted octanol–water partition coefficient (Wildman–Crippen LogP) is 1.28. The third kappa shape index (κ3) is 4.11. The van der Waals surface area contributed by atoms with Crippen LogP contribution < -0.4 is 4.90 Å². The van der Waals surface area contributed by atoms with Crippen molar-refractivity contribution in [3.63, 3.8) is 0 Å². The molecule has 7 heteroatoms. The van der Waals surface area contributed by atoms with Crippen molar-refractivity contribution in [2.75, 3.05) is 31.6 Å². The number of aromatic nitrogens is 3. The SMILES string of the molecule is Cc1ccc(C(=O)N(C)CC2(O)CCCN(c3cnccn3)C2)cn1. The summed E-state index contributed by atoms with van der Waals surface area (Å²) >= 11 is 0. The van der Waals surface area contributed by atoms with Gasteiger partial charge in [-0.15, -0.1) is 0 Å². The van der Waals surface area contributed by atoms with E-state index >= 15 is 0 Å². The largest absolute Gasteiger partial charge is 0.386 e. The second kappa shape index (κ2) is 7.14. The van der Waals surface area contributed by atoms with Crippen LogP contribution in [0.3, 0.4) is 0 Å². The lowest BCUT2D eigenvalue weighted by atomic mass is 9.92. The van der Waals surface area contributed by atoms with Crippen LogP contribution in [0.2, 0.25) is 0 Å². The van der Waals surface area contributed by atoms with Crippen LogP contribution in [0.4, 0.5) is 5.82 Å². The number of carbonyl (C=O) groups excluding carboxylic acids is 1. The summed E-state index contributed by atoms with van der Waals surface area (Å²) in [6, 6.07) is 3.57. The molecule has 7 nitrogen and oxygen atoms in total. The fourth-order valence-corrected chi connectivity index (χ4v) is 3.22. The first kappa shape index (κ1) is 17.3. The number of hydrogen-bond donors (Lipinski definition) is 1. The fraction of sp³-hybridized carbons (Fsp3) is 0.444. The molecule has 1 aliphatic rings. The second-order valence-electron chi connectivity index (χ2n) is 6.66. The van der Waals surface area contributed by atoms with Crippen molar-refractivity contribution in [2.24, 2.45) is 0 Å². The van der Waals surface area contributed by atoms with Gasteiger partial charge in [-0.25, -0.2) is 4.98 Å². The maximum absolute atomic E-state index is 12.6. The molecule has 0 radical (unpaired) electrons. The Morgan fingerprint density at radius 2 is 2.16 bits per heavy atom. The van der Waals surface area contributed by atoms with Crippen molar-refractivity contribution >= 4 is 11.7 Å². The zero-order chi connectivity index (χ0) is 17.9. The lowest BCUT2D eigenvalue weighted by molar-refractivity contribution is -0.000157. The molecule has 0 bridgehead atoms. The molecule has 1 N–H and O–H groups in total. The minimum atomic E-state index is -0.974. The number of anilines is 1. The van der Waals surface area contributed by atoms with E-state index in [1.165, 1.54) is 0 Å². The molecule has 132 valence electrons. The predicted molar refractivity (Wildman–Crippen MR) is 94.4 cm³/mol. The normalized spacial score (nSPS) is 20.4. The van der Waals surface area contributed by atoms with Gasteiger partial charge in [0.1, 0.15) is 5.82 Å². The van der Waals surface area contributed by atoms with Gasteiger partial charge in [0, 0.05) is 44.4 Å². The highest BCUT2D eigenvalue weighted by Gasteiger charge is 2.36. The van der Waals surface area contributed by atoms with Gasteiger partial charge in [-0.05, 0) is 31.9 Å². The Morgan fingerprint density at radius 3 is 2.84 bits per heavy atom. The lowest BCUT2D eigenvalue weighted by Crippen LogP contribution is -2.54. The van der Waals surface area contributed by atoms with Crippen molar-refractivity contribution < 1.29 is 9.90 Å². The van der Waals surface area contributed by atoms with Gasteiger partial charge in [-0.3, -0.25) is 14.8 Å². The van der Waals surface area contributed by atoms with E-state index in [4.69, 9.17) is 0 Å². The summed E-state index contributed by atoms with van der Waals surface area (Å²) < 4.78 is 0. The molecule has 1 unspecified atom stereocenters. The topological polar surface area (TPSA) is 82.5 Å². The average Bonchev–Trinajstić information content (AvgIpc) is 2.62. The molecular formula is C18H23N5O2. The van der Waals surface area contributed by atoms with Crippen molar-refractivity contribution in [2.45, 2.75) is 25.4 Å². The summed E-state index contributed by atoms with van der Waals surface area (Å²) in [5, 5.41) is 11.0. The monoisotopic (exact) mass is 341 g/mol. The summed E-state index contributed by atoms with van der Waals surface area (Å²) in [7, 11) is 1.71. The molecule has 3 heterocycles. The Morgan fingerprint density at radius 1 is 1.32 bits per heavy atom. The van der Waals surface area contributed by atoms with Crippen molar-refractivity contribution in [3.8, 4) is 0 Å². The highest BCUT2D eigenvalue weighted by molar-refractivity contribution is 5.93. The molecule has 2 aromatic heterocycles. The standard InChI is InChI=1S/C18H23N5O2/c1-14-4-5-15(10-21-14)17(24)22(2)12-18(25)6-3-9-23(13-18)16-11-19-7-8-20-16/h4-5,7-8,10-11,25H,3,6,9,12-13H2,1-2H3. The van der Waals surface area contributed by atoms with Crippen LogP contribution in [-0.4, -0.2) is 63.1 Å². The number of hydrogen-bond acceptors (Lipinski definition) is 6. The van der Waals surface area contributed by atoms with Crippen LogP contribution in [0.5, 0.6) is 0 Å². The van der Waals surface area contributed by atoms with Gasteiger partial charge in [-0.2, -0.15) is 0 Å². The number of amides is 1. The van der Waals surface area contributed by atoms with Gasteiger partial charge in [0.25, 0.3) is 5.91 Å². The quantitative estimate of drug-likeness (QED) is 0.902. The molecule has 0 aliphatic carbocycles. The number of piperidine rings is 1. The van der Waals surface area contributed by atoms with Crippen LogP contribution in [-0.2, 0) is 0 Å². The minimum Gasteiger partial charge on any atom is -0.386 e. The third-order valence-corrected chi connectivity index (χ3v) is 4.47. The van der Waals surface area contributed by atoms with Crippen molar-refractivity contribution in [3.05, 3.63) is 48.2 Å². The van der Waals surface area contributed by atoms with E-state index in [1.54, 1.807) is 42.8 Å². The first-order chi connectivity index (χ1) is 12.0. The van der Waals surface area contributed by atoms with E-state index < -0.39 is 5.60 Å². The number of carbonyl (C=O) groups is 1. The van der Waals surface area contributed by atoms with Crippen LogP contribution >= 0.6 is 0 Å². The molecule has 25 heavy (non-hydrogen) atoms. The summed E-state index contributed by atoms with van der Waals surface area (Å²) in [6.07, 6.45) is 8.02. The van der Waals surface area contributed by atoms with E-state index in [9.17, 15) is 9.90 Å². The molecule has 1 fully saturated rings. The summed E-state index contributed by atoms with van der Waals surface area (Å²) in [6.45, 7) is 3.39. The number of likely N-dealkylation sites (N-methyl/N-ethyl adjacent to an activating group) is 1. The summed E-state index contributed by atoms with van der Waals surface area (Å²) in [4.78, 5) is 28.7. The van der Waals surface area contributed by atoms with E-state index in [0.29, 0.717) is 18.5 Å². The van der Waals surface area contributed by atoms with Crippen LogP contribution in [0.1, 0.15) is 28.9 Å². The van der Waals surface area contributed by atoms with Crippen LogP contribution in [0.25, 0.3) is 0 Å². The van der Waals surface area contributed by atoms with E-state index in [2.05, 4.69) is 15.0 Å². The van der Waals surface area contributed by atoms with Gasteiger partial charge in [0.15, 0.2) is 0 Å². The number of rotatable bonds is 4. The smallest absolute Gasteiger partial charge is 0.255 e. The fourth-order valence-electron chi connectivity index (χ4n) is 3.22. The molecule has 0 spiro atoms. The Hall–Kier alpha value is -2.54. The molecule has 1 aliphatic heterocycles. The lowest BCUT2D eigenvalue weighted by Gasteiger charge is -2.41. The van der Waals surface area contributed by atoms with Gasteiger partial charge in [-0.1, -0.05) is 0 Å². The number of nitrogens with zero attached hydrogens (tertiary/aromatic N) is 5. The number of pyridine rings is 1. The van der Waals surface area contributed by atoms with E-state index in [0.717, 1.165) is 24.5 Å².